The molecular formula is C15H22N4O. The van der Waals surface area contributed by atoms with E-state index in [4.69, 9.17) is 4.74 Å². The molecule has 0 bridgehead atoms. The van der Waals surface area contributed by atoms with E-state index < -0.39 is 0 Å². The average molecular weight is 274 g/mol. The van der Waals surface area contributed by atoms with Gasteiger partial charge in [-0.2, -0.15) is 0 Å². The van der Waals surface area contributed by atoms with E-state index in [0.29, 0.717) is 6.61 Å². The lowest BCUT2D eigenvalue weighted by atomic mass is 10.2. The van der Waals surface area contributed by atoms with Crippen molar-refractivity contribution in [2.24, 2.45) is 0 Å². The van der Waals surface area contributed by atoms with Gasteiger partial charge in [-0.25, -0.2) is 4.98 Å². The smallest absolute Gasteiger partial charge is 0.203 e. The van der Waals surface area contributed by atoms with Crippen LogP contribution in [0.5, 0.6) is 0 Å². The summed E-state index contributed by atoms with van der Waals surface area (Å²) in [5, 5.41) is 3.38. The Morgan fingerprint density at radius 2 is 2.10 bits per heavy atom. The molecule has 0 aliphatic carbocycles. The van der Waals surface area contributed by atoms with Crippen LogP contribution >= 0.6 is 0 Å². The number of hydrogen-bond acceptors (Lipinski definition) is 4. The Morgan fingerprint density at radius 1 is 1.35 bits per heavy atom. The van der Waals surface area contributed by atoms with Crippen LogP contribution in [0.4, 0.5) is 5.95 Å². The van der Waals surface area contributed by atoms with Gasteiger partial charge in [0.2, 0.25) is 5.95 Å². The zero-order valence-corrected chi connectivity index (χ0v) is 12.3. The highest BCUT2D eigenvalue weighted by molar-refractivity contribution is 5.30. The molecule has 2 heterocycles. The predicted molar refractivity (Wildman–Crippen MR) is 79.9 cm³/mol. The SMILES string of the molecule is COCC(C)Nc1nc(C)cn1CCc1ccncc1. The summed E-state index contributed by atoms with van der Waals surface area (Å²) in [5.74, 6) is 0.904. The van der Waals surface area contributed by atoms with Gasteiger partial charge in [0.1, 0.15) is 0 Å². The second-order valence-electron chi connectivity index (χ2n) is 5.01. The van der Waals surface area contributed by atoms with Crippen molar-refractivity contribution in [2.75, 3.05) is 19.0 Å². The number of nitrogens with one attached hydrogen (secondary N) is 1. The molecule has 5 nitrogen and oxygen atoms in total. The number of methoxy groups -OCH3 is 1. The molecule has 0 radical (unpaired) electrons. The summed E-state index contributed by atoms with van der Waals surface area (Å²) in [4.78, 5) is 8.57. The Balaban J connectivity index is 2.00. The fourth-order valence-corrected chi connectivity index (χ4v) is 2.14. The van der Waals surface area contributed by atoms with Crippen LogP contribution in [0.15, 0.2) is 30.7 Å². The van der Waals surface area contributed by atoms with E-state index in [1.165, 1.54) is 5.56 Å². The quantitative estimate of drug-likeness (QED) is 0.841. The van der Waals surface area contributed by atoms with Gasteiger partial charge in [-0.1, -0.05) is 0 Å². The minimum absolute atomic E-state index is 0.237. The van der Waals surface area contributed by atoms with Crippen molar-refractivity contribution in [3.05, 3.63) is 42.0 Å². The van der Waals surface area contributed by atoms with Crippen LogP contribution in [0, 0.1) is 6.92 Å². The normalized spacial score (nSPS) is 12.3. The lowest BCUT2D eigenvalue weighted by Crippen LogP contribution is -2.23. The van der Waals surface area contributed by atoms with Crippen LogP contribution in [0.1, 0.15) is 18.2 Å². The second-order valence-corrected chi connectivity index (χ2v) is 5.01. The van der Waals surface area contributed by atoms with Crippen molar-refractivity contribution in [1.29, 1.82) is 0 Å². The summed E-state index contributed by atoms with van der Waals surface area (Å²) in [6, 6.07) is 4.33. The number of ether oxygens (including phenoxy) is 1. The summed E-state index contributed by atoms with van der Waals surface area (Å²) in [7, 11) is 1.71. The Labute approximate surface area is 120 Å². The third-order valence-corrected chi connectivity index (χ3v) is 3.08. The molecule has 0 aromatic carbocycles. The molecule has 2 aromatic heterocycles. The zero-order chi connectivity index (χ0) is 14.4. The molecule has 2 aromatic rings. The maximum absolute atomic E-state index is 5.15. The van der Waals surface area contributed by atoms with Gasteiger partial charge in [0.25, 0.3) is 0 Å². The first kappa shape index (κ1) is 14.5. The van der Waals surface area contributed by atoms with E-state index in [0.717, 1.165) is 24.6 Å². The molecule has 108 valence electrons. The second kappa shape index (κ2) is 7.05. The minimum Gasteiger partial charge on any atom is -0.383 e. The molecule has 0 saturated carbocycles. The first-order chi connectivity index (χ1) is 9.69. The van der Waals surface area contributed by atoms with E-state index >= 15 is 0 Å². The van der Waals surface area contributed by atoms with Crippen LogP contribution in [0.2, 0.25) is 0 Å². The predicted octanol–water partition coefficient (Wildman–Crippen LogP) is 2.28. The topological polar surface area (TPSA) is 52.0 Å². The van der Waals surface area contributed by atoms with Crippen LogP contribution in [-0.4, -0.2) is 34.3 Å². The van der Waals surface area contributed by atoms with Crippen LogP contribution < -0.4 is 5.32 Å². The minimum atomic E-state index is 0.237. The summed E-state index contributed by atoms with van der Waals surface area (Å²) in [6.07, 6.45) is 6.69. The highest BCUT2D eigenvalue weighted by Gasteiger charge is 2.09. The van der Waals surface area contributed by atoms with Gasteiger partial charge in [-0.15, -0.1) is 0 Å². The highest BCUT2D eigenvalue weighted by Crippen LogP contribution is 2.11. The number of aryl methyl sites for hydroxylation is 3. The number of anilines is 1. The van der Waals surface area contributed by atoms with Crippen molar-refractivity contribution in [2.45, 2.75) is 32.9 Å². The number of imidazole rings is 1. The summed E-state index contributed by atoms with van der Waals surface area (Å²) >= 11 is 0. The third kappa shape index (κ3) is 4.06. The van der Waals surface area contributed by atoms with E-state index in [1.54, 1.807) is 7.11 Å². The molecule has 20 heavy (non-hydrogen) atoms. The highest BCUT2D eigenvalue weighted by atomic mass is 16.5. The lowest BCUT2D eigenvalue weighted by molar-refractivity contribution is 0.190. The maximum atomic E-state index is 5.15. The Morgan fingerprint density at radius 3 is 2.80 bits per heavy atom. The number of nitrogens with zero attached hydrogens (tertiary/aromatic N) is 3. The van der Waals surface area contributed by atoms with Crippen LogP contribution in [0.25, 0.3) is 0 Å². The molecule has 1 unspecified atom stereocenters. The summed E-state index contributed by atoms with van der Waals surface area (Å²) in [6.45, 7) is 5.65. The van der Waals surface area contributed by atoms with Crippen molar-refractivity contribution >= 4 is 5.95 Å². The number of hydrogen-bond donors (Lipinski definition) is 1. The van der Waals surface area contributed by atoms with Crippen molar-refractivity contribution in [1.82, 2.24) is 14.5 Å². The summed E-state index contributed by atoms with van der Waals surface area (Å²) in [5.41, 5.74) is 2.30. The molecule has 2 rings (SSSR count). The van der Waals surface area contributed by atoms with E-state index in [-0.39, 0.29) is 6.04 Å². The van der Waals surface area contributed by atoms with Gasteiger partial charge in [0, 0.05) is 38.3 Å². The summed E-state index contributed by atoms with van der Waals surface area (Å²) < 4.78 is 7.30. The number of rotatable bonds is 7. The fraction of sp³-hybridized carbons (Fsp3) is 0.467. The molecule has 5 heteroatoms. The Hall–Kier alpha value is -1.88. The molecule has 0 amide bonds. The lowest BCUT2D eigenvalue weighted by Gasteiger charge is -2.15. The largest absolute Gasteiger partial charge is 0.383 e. The molecule has 0 spiro atoms. The van der Waals surface area contributed by atoms with E-state index in [9.17, 15) is 0 Å². The van der Waals surface area contributed by atoms with Crippen LogP contribution in [-0.2, 0) is 17.7 Å². The van der Waals surface area contributed by atoms with Gasteiger partial charge in [0.05, 0.1) is 12.3 Å². The van der Waals surface area contributed by atoms with Crippen molar-refractivity contribution in [3.63, 3.8) is 0 Å². The van der Waals surface area contributed by atoms with Crippen molar-refractivity contribution in [3.8, 4) is 0 Å². The van der Waals surface area contributed by atoms with Crippen LogP contribution in [0.3, 0.4) is 0 Å². The molecule has 0 fully saturated rings. The average Bonchev–Trinajstić information content (AvgIpc) is 2.78. The Kier molecular flexibility index (Phi) is 5.12. The Bertz CT molecular complexity index is 524. The van der Waals surface area contributed by atoms with Gasteiger partial charge < -0.3 is 14.6 Å². The van der Waals surface area contributed by atoms with Gasteiger partial charge >= 0.3 is 0 Å². The molecule has 1 atom stereocenters. The number of pyridine rings is 1. The molecule has 0 aliphatic rings. The molecular weight excluding hydrogens is 252 g/mol. The zero-order valence-electron chi connectivity index (χ0n) is 12.3. The third-order valence-electron chi connectivity index (χ3n) is 3.08. The maximum Gasteiger partial charge on any atom is 0.203 e. The van der Waals surface area contributed by atoms with Gasteiger partial charge in [0.15, 0.2) is 0 Å². The molecule has 0 saturated heterocycles. The van der Waals surface area contributed by atoms with Crippen molar-refractivity contribution < 1.29 is 4.74 Å². The van der Waals surface area contributed by atoms with Gasteiger partial charge in [-0.3, -0.25) is 4.98 Å². The number of aromatic nitrogens is 3. The monoisotopic (exact) mass is 274 g/mol. The first-order valence-corrected chi connectivity index (χ1v) is 6.87. The first-order valence-electron chi connectivity index (χ1n) is 6.87. The molecule has 1 N–H and O–H groups in total. The van der Waals surface area contributed by atoms with Gasteiger partial charge in [-0.05, 0) is 38.0 Å². The van der Waals surface area contributed by atoms with E-state index in [1.807, 2.05) is 31.5 Å². The van der Waals surface area contributed by atoms with E-state index in [2.05, 4.69) is 33.0 Å². The standard InChI is InChI=1S/C15H22N4O/c1-12-10-19(9-6-14-4-7-16-8-5-14)15(17-12)18-13(2)11-20-3/h4-5,7-8,10,13H,6,9,11H2,1-3H3,(H,17,18). The molecule has 0 aliphatic heterocycles. The fourth-order valence-electron chi connectivity index (χ4n) is 2.14.